The van der Waals surface area contributed by atoms with E-state index < -0.39 is 12.1 Å². The highest BCUT2D eigenvalue weighted by Crippen LogP contribution is 2.73. The molecule has 0 atom stereocenters. The Morgan fingerprint density at radius 1 is 0.640 bits per heavy atom. The highest BCUT2D eigenvalue weighted by molar-refractivity contribution is 8.29. The maximum atomic E-state index is 6.50. The summed E-state index contributed by atoms with van der Waals surface area (Å²) in [5, 5.41) is 2.76. The summed E-state index contributed by atoms with van der Waals surface area (Å²) in [6, 6.07) is 17.7. The summed E-state index contributed by atoms with van der Waals surface area (Å²) in [4.78, 5) is 0. The van der Waals surface area contributed by atoms with Crippen molar-refractivity contribution in [2.24, 2.45) is 0 Å². The van der Waals surface area contributed by atoms with E-state index >= 15 is 0 Å². The molecule has 0 spiro atoms. The van der Waals surface area contributed by atoms with Crippen molar-refractivity contribution < 1.29 is 0 Å². The predicted octanol–water partition coefficient (Wildman–Crippen LogP) is 6.15. The molecular weight excluding hydrogens is 378 g/mol. The Balaban J connectivity index is 2.70. The minimum absolute atomic E-state index is 0.0915. The summed E-state index contributed by atoms with van der Waals surface area (Å²) in [5.74, 6) is 0.964. The Labute approximate surface area is 164 Å². The van der Waals surface area contributed by atoms with Gasteiger partial charge in [0.05, 0.1) is 0 Å². The van der Waals surface area contributed by atoms with Gasteiger partial charge >= 0.3 is 0 Å². The quantitative estimate of drug-likeness (QED) is 0.557. The third-order valence-corrected chi connectivity index (χ3v) is 21.3. The SMILES string of the molecule is CC(C)(C)P(=S)(CP(=S)(c1ccccc1)c1ccccc1)C(C)(C)C. The first-order valence-corrected chi connectivity index (χ1v) is 14.7. The predicted molar refractivity (Wildman–Crippen MR) is 125 cm³/mol. The molecule has 0 fully saturated rings. The third kappa shape index (κ3) is 4.19. The van der Waals surface area contributed by atoms with Crippen molar-refractivity contribution in [3.63, 3.8) is 0 Å². The molecule has 0 bridgehead atoms. The standard InChI is InChI=1S/C21H30P2S2/c1-20(2,3)23(25,21(4,5)6)17-22(24,18-13-9-7-10-14-18)19-15-11-8-12-16-19/h7-16H,17H2,1-6H3. The zero-order valence-electron chi connectivity index (χ0n) is 16.2. The van der Waals surface area contributed by atoms with Gasteiger partial charge in [-0.25, -0.2) is 0 Å². The second kappa shape index (κ2) is 7.40. The van der Waals surface area contributed by atoms with Crippen molar-refractivity contribution >= 4 is 46.3 Å². The van der Waals surface area contributed by atoms with Gasteiger partial charge in [0.25, 0.3) is 0 Å². The van der Waals surface area contributed by atoms with Gasteiger partial charge in [0.15, 0.2) is 0 Å². The molecule has 0 heterocycles. The van der Waals surface area contributed by atoms with Crippen molar-refractivity contribution in [1.29, 1.82) is 0 Å². The lowest BCUT2D eigenvalue weighted by Gasteiger charge is -2.47. The van der Waals surface area contributed by atoms with Crippen LogP contribution in [0.5, 0.6) is 0 Å². The first-order valence-electron chi connectivity index (χ1n) is 8.71. The van der Waals surface area contributed by atoms with E-state index in [4.69, 9.17) is 23.6 Å². The maximum Gasteiger partial charge on any atom is 0.0154 e. The molecule has 0 amide bonds. The molecule has 4 heteroatoms. The zero-order chi connectivity index (χ0) is 18.9. The minimum atomic E-state index is -1.96. The lowest BCUT2D eigenvalue weighted by atomic mass is 10.2. The van der Waals surface area contributed by atoms with Crippen molar-refractivity contribution in [3.8, 4) is 0 Å². The van der Waals surface area contributed by atoms with Crippen LogP contribution in [-0.4, -0.2) is 16.2 Å². The summed E-state index contributed by atoms with van der Waals surface area (Å²) >= 11 is 13.0. The second-order valence-electron chi connectivity index (χ2n) is 8.63. The van der Waals surface area contributed by atoms with Crippen LogP contribution in [-0.2, 0) is 23.6 Å². The second-order valence-corrected chi connectivity index (χ2v) is 20.2. The molecule has 0 radical (unpaired) electrons. The summed E-state index contributed by atoms with van der Waals surface area (Å²) in [7, 11) is 0. The van der Waals surface area contributed by atoms with Crippen LogP contribution in [0.4, 0.5) is 0 Å². The Morgan fingerprint density at radius 3 is 1.24 bits per heavy atom. The summed E-state index contributed by atoms with van der Waals surface area (Å²) in [5.41, 5.74) is 0. The van der Waals surface area contributed by atoms with E-state index in [1.54, 1.807) is 0 Å². The van der Waals surface area contributed by atoms with E-state index in [1.165, 1.54) is 10.6 Å². The van der Waals surface area contributed by atoms with Gasteiger partial charge in [-0.1, -0.05) is 126 Å². The smallest absolute Gasteiger partial charge is 0.0154 e. The fourth-order valence-electron chi connectivity index (χ4n) is 3.36. The molecule has 0 saturated heterocycles. The maximum absolute atomic E-state index is 6.50. The van der Waals surface area contributed by atoms with Crippen molar-refractivity contribution in [2.45, 2.75) is 51.9 Å². The Hall–Kier alpha value is -0.260. The number of hydrogen-bond donors (Lipinski definition) is 0. The van der Waals surface area contributed by atoms with Crippen molar-refractivity contribution in [1.82, 2.24) is 0 Å². The summed E-state index contributed by atoms with van der Waals surface area (Å²) in [6.45, 7) is 13.9. The zero-order valence-corrected chi connectivity index (χ0v) is 19.6. The van der Waals surface area contributed by atoms with Crippen LogP contribution in [0.25, 0.3) is 0 Å². The largest absolute Gasteiger partial charge is 0.0960 e. The fourth-order valence-corrected chi connectivity index (χ4v) is 18.4. The van der Waals surface area contributed by atoms with Gasteiger partial charge in [0.1, 0.15) is 0 Å². The summed E-state index contributed by atoms with van der Waals surface area (Å²) < 4.78 is 0. The molecule has 0 aliphatic rings. The van der Waals surface area contributed by atoms with Gasteiger partial charge in [-0.15, -0.1) is 0 Å². The molecule has 0 aliphatic carbocycles. The van der Waals surface area contributed by atoms with Crippen LogP contribution in [0.3, 0.4) is 0 Å². The summed E-state index contributed by atoms with van der Waals surface area (Å²) in [6.07, 6.45) is 0. The van der Waals surface area contributed by atoms with Crippen LogP contribution in [0.2, 0.25) is 0 Å². The third-order valence-electron chi connectivity index (χ3n) is 4.91. The molecular formula is C21H30P2S2. The van der Waals surface area contributed by atoms with Gasteiger partial charge in [-0.3, -0.25) is 0 Å². The van der Waals surface area contributed by atoms with E-state index in [9.17, 15) is 0 Å². The number of hydrogen-bond acceptors (Lipinski definition) is 2. The van der Waals surface area contributed by atoms with E-state index in [-0.39, 0.29) is 10.3 Å². The minimum Gasteiger partial charge on any atom is -0.0960 e. The van der Waals surface area contributed by atoms with Crippen LogP contribution < -0.4 is 10.6 Å². The molecule has 0 N–H and O–H groups in total. The Kier molecular flexibility index (Phi) is 6.23. The van der Waals surface area contributed by atoms with Crippen LogP contribution >= 0.6 is 12.1 Å². The molecule has 0 unspecified atom stereocenters. The molecule has 0 nitrogen and oxygen atoms in total. The van der Waals surface area contributed by atoms with Crippen LogP contribution in [0, 0.1) is 0 Å². The Morgan fingerprint density at radius 2 is 0.960 bits per heavy atom. The molecule has 0 aliphatic heterocycles. The van der Waals surface area contributed by atoms with Crippen molar-refractivity contribution in [2.75, 3.05) is 5.90 Å². The molecule has 2 aromatic carbocycles. The lowest BCUT2D eigenvalue weighted by Crippen LogP contribution is -2.32. The highest BCUT2D eigenvalue weighted by Gasteiger charge is 2.45. The van der Waals surface area contributed by atoms with Gasteiger partial charge < -0.3 is 0 Å². The highest BCUT2D eigenvalue weighted by atomic mass is 32.5. The average Bonchev–Trinajstić information content (AvgIpc) is 2.54. The van der Waals surface area contributed by atoms with E-state index in [1.807, 2.05) is 0 Å². The fraction of sp³-hybridized carbons (Fsp3) is 0.429. The van der Waals surface area contributed by atoms with E-state index in [0.29, 0.717) is 0 Å². The number of rotatable bonds is 4. The van der Waals surface area contributed by atoms with Crippen LogP contribution in [0.15, 0.2) is 60.7 Å². The molecule has 136 valence electrons. The first kappa shape index (κ1) is 21.0. The Bertz CT molecular complexity index is 736. The first-order chi connectivity index (χ1) is 11.4. The van der Waals surface area contributed by atoms with Gasteiger partial charge in [-0.05, 0) is 27.0 Å². The van der Waals surface area contributed by atoms with E-state index in [0.717, 1.165) is 5.90 Å². The van der Waals surface area contributed by atoms with E-state index in [2.05, 4.69) is 102 Å². The lowest BCUT2D eigenvalue weighted by molar-refractivity contribution is 0.707. The number of benzene rings is 2. The molecule has 2 aromatic rings. The molecule has 0 aromatic heterocycles. The van der Waals surface area contributed by atoms with Crippen molar-refractivity contribution in [3.05, 3.63) is 60.7 Å². The molecule has 2 rings (SSSR count). The van der Waals surface area contributed by atoms with Gasteiger partial charge in [0.2, 0.25) is 0 Å². The van der Waals surface area contributed by atoms with Gasteiger partial charge in [0, 0.05) is 11.9 Å². The van der Waals surface area contributed by atoms with Gasteiger partial charge in [-0.2, -0.15) is 0 Å². The average molecular weight is 409 g/mol. The topological polar surface area (TPSA) is 0 Å². The monoisotopic (exact) mass is 408 g/mol. The molecule has 0 saturated carbocycles. The van der Waals surface area contributed by atoms with Crippen LogP contribution in [0.1, 0.15) is 41.5 Å². The normalized spacial score (nSPS) is 13.7. The molecule has 25 heavy (non-hydrogen) atoms.